The molecule has 2 aromatic rings. The van der Waals surface area contributed by atoms with Gasteiger partial charge < -0.3 is 4.98 Å². The van der Waals surface area contributed by atoms with Crippen molar-refractivity contribution >= 4 is 29.0 Å². The lowest BCUT2D eigenvalue weighted by molar-refractivity contribution is -0.126. The molecule has 3 N–H and O–H groups in total. The molecule has 0 unspecified atom stereocenters. The highest BCUT2D eigenvalue weighted by Crippen LogP contribution is 2.33. The molecule has 7 nitrogen and oxygen atoms in total. The number of carbonyl (C=O) groups is 1. The van der Waals surface area contributed by atoms with E-state index in [0.29, 0.717) is 4.88 Å². The van der Waals surface area contributed by atoms with Crippen LogP contribution in [0.5, 0.6) is 0 Å². The number of aromatic nitrogens is 1. The molecule has 0 atom stereocenters. The number of hydrogen-bond donors (Lipinski definition) is 3. The fourth-order valence-corrected chi connectivity index (χ4v) is 3.32. The molecular weight excluding hydrogens is 324 g/mol. The Bertz CT molecular complexity index is 844. The number of aromatic amines is 1. The Morgan fingerprint density at radius 3 is 2.68 bits per heavy atom. The van der Waals surface area contributed by atoms with E-state index in [9.17, 15) is 20.1 Å². The predicted octanol–water partition coefficient (Wildman–Crippen LogP) is 1.44. The Kier molecular flexibility index (Phi) is 4.96. The molecular formula is C13H8N4O3S2. The highest BCUT2D eigenvalue weighted by atomic mass is 32.2. The number of amides is 1. The van der Waals surface area contributed by atoms with Gasteiger partial charge in [-0.3, -0.25) is 14.8 Å². The van der Waals surface area contributed by atoms with Crippen LogP contribution in [0.25, 0.3) is 10.4 Å². The van der Waals surface area contributed by atoms with Crippen molar-refractivity contribution in [2.45, 2.75) is 5.03 Å². The van der Waals surface area contributed by atoms with E-state index in [4.69, 9.17) is 5.21 Å². The Labute approximate surface area is 132 Å². The molecule has 1 amide bonds. The van der Waals surface area contributed by atoms with Gasteiger partial charge in [0.1, 0.15) is 17.7 Å². The summed E-state index contributed by atoms with van der Waals surface area (Å²) in [6, 6.07) is 7.23. The zero-order valence-electron chi connectivity index (χ0n) is 10.9. The van der Waals surface area contributed by atoms with Gasteiger partial charge in [0.05, 0.1) is 16.3 Å². The first kappa shape index (κ1) is 15.8. The Hall–Kier alpha value is -2.59. The highest BCUT2D eigenvalue weighted by Gasteiger charge is 2.20. The van der Waals surface area contributed by atoms with Gasteiger partial charge in [-0.1, -0.05) is 17.8 Å². The van der Waals surface area contributed by atoms with E-state index >= 15 is 0 Å². The number of H-pyrrole nitrogens is 1. The fraction of sp³-hybridized carbons (Fsp3) is 0.0769. The van der Waals surface area contributed by atoms with Crippen molar-refractivity contribution < 1.29 is 10.0 Å². The number of pyridine rings is 1. The predicted molar refractivity (Wildman–Crippen MR) is 80.5 cm³/mol. The smallest absolute Gasteiger partial charge is 0.267 e. The second-order valence-corrected chi connectivity index (χ2v) is 5.87. The number of thiophene rings is 1. The molecule has 0 aliphatic carbocycles. The number of thioether (sulfide) groups is 1. The monoisotopic (exact) mass is 332 g/mol. The molecule has 9 heteroatoms. The van der Waals surface area contributed by atoms with Gasteiger partial charge >= 0.3 is 0 Å². The van der Waals surface area contributed by atoms with E-state index in [-0.39, 0.29) is 27.5 Å². The molecule has 110 valence electrons. The van der Waals surface area contributed by atoms with E-state index in [0.717, 1.165) is 11.8 Å². The summed E-state index contributed by atoms with van der Waals surface area (Å²) in [5, 5.41) is 29.0. The molecule has 0 spiro atoms. The van der Waals surface area contributed by atoms with Crippen molar-refractivity contribution in [3.05, 3.63) is 39.0 Å². The molecule has 2 rings (SSSR count). The maximum atomic E-state index is 12.0. The van der Waals surface area contributed by atoms with E-state index in [1.165, 1.54) is 16.8 Å². The molecule has 0 bridgehead atoms. The number of hydroxylamine groups is 1. The molecule has 0 saturated heterocycles. The number of carbonyl (C=O) groups excluding carboxylic acids is 1. The van der Waals surface area contributed by atoms with E-state index < -0.39 is 11.5 Å². The first-order valence-corrected chi connectivity index (χ1v) is 7.69. The van der Waals surface area contributed by atoms with Crippen molar-refractivity contribution in [2.24, 2.45) is 0 Å². The first-order chi connectivity index (χ1) is 10.6. The Morgan fingerprint density at radius 1 is 1.41 bits per heavy atom. The quantitative estimate of drug-likeness (QED) is 0.441. The lowest BCUT2D eigenvalue weighted by Crippen LogP contribution is -2.21. The van der Waals surface area contributed by atoms with Crippen LogP contribution in [0.2, 0.25) is 0 Å². The second kappa shape index (κ2) is 6.91. The van der Waals surface area contributed by atoms with E-state index in [1.807, 2.05) is 12.1 Å². The minimum absolute atomic E-state index is 0.120. The average Bonchev–Trinajstić information content (AvgIpc) is 3.05. The Balaban J connectivity index is 2.63. The van der Waals surface area contributed by atoms with Gasteiger partial charge in [-0.25, -0.2) is 5.48 Å². The summed E-state index contributed by atoms with van der Waals surface area (Å²) >= 11 is 2.19. The second-order valence-electron chi connectivity index (χ2n) is 3.93. The molecule has 22 heavy (non-hydrogen) atoms. The van der Waals surface area contributed by atoms with Gasteiger partial charge in [0, 0.05) is 10.4 Å². The van der Waals surface area contributed by atoms with Crippen LogP contribution in [0.3, 0.4) is 0 Å². The zero-order chi connectivity index (χ0) is 16.1. The van der Waals surface area contributed by atoms with Crippen molar-refractivity contribution in [1.29, 1.82) is 10.5 Å². The highest BCUT2D eigenvalue weighted by molar-refractivity contribution is 8.00. The van der Waals surface area contributed by atoms with Crippen LogP contribution in [0.4, 0.5) is 0 Å². The van der Waals surface area contributed by atoms with Gasteiger partial charge in [0.25, 0.3) is 11.5 Å². The van der Waals surface area contributed by atoms with Gasteiger partial charge in [-0.15, -0.1) is 11.3 Å². The largest absolute Gasteiger partial charge is 0.315 e. The summed E-state index contributed by atoms with van der Waals surface area (Å²) in [5.74, 6) is -0.853. The molecule has 2 aromatic heterocycles. The number of nitrogens with one attached hydrogen (secondary N) is 2. The van der Waals surface area contributed by atoms with E-state index in [1.54, 1.807) is 17.5 Å². The minimum atomic E-state index is -0.670. The molecule has 0 radical (unpaired) electrons. The van der Waals surface area contributed by atoms with Crippen LogP contribution in [-0.4, -0.2) is 21.9 Å². The normalized spacial score (nSPS) is 9.77. The number of rotatable bonds is 4. The van der Waals surface area contributed by atoms with Crippen molar-refractivity contribution in [3.63, 3.8) is 0 Å². The third-order valence-corrected chi connectivity index (χ3v) is 4.53. The Morgan fingerprint density at radius 2 is 2.14 bits per heavy atom. The van der Waals surface area contributed by atoms with Crippen LogP contribution in [0.15, 0.2) is 27.3 Å². The van der Waals surface area contributed by atoms with Gasteiger partial charge in [-0.05, 0) is 11.4 Å². The zero-order valence-corrected chi connectivity index (χ0v) is 12.5. The maximum absolute atomic E-state index is 12.0. The van der Waals surface area contributed by atoms with E-state index in [2.05, 4.69) is 4.98 Å². The van der Waals surface area contributed by atoms with Crippen LogP contribution in [0, 0.1) is 22.7 Å². The van der Waals surface area contributed by atoms with Crippen molar-refractivity contribution in [1.82, 2.24) is 10.5 Å². The molecule has 0 saturated carbocycles. The van der Waals surface area contributed by atoms with Gasteiger partial charge in [0.2, 0.25) is 0 Å². The van der Waals surface area contributed by atoms with Crippen molar-refractivity contribution in [3.8, 4) is 22.6 Å². The third-order valence-electron chi connectivity index (χ3n) is 2.64. The summed E-state index contributed by atoms with van der Waals surface area (Å²) in [5.41, 5.74) is 1.08. The maximum Gasteiger partial charge on any atom is 0.267 e. The van der Waals surface area contributed by atoms with Crippen LogP contribution < -0.4 is 11.0 Å². The summed E-state index contributed by atoms with van der Waals surface area (Å²) in [6.07, 6.45) is 0. The van der Waals surface area contributed by atoms with Gasteiger partial charge in [-0.2, -0.15) is 10.5 Å². The summed E-state index contributed by atoms with van der Waals surface area (Å²) < 4.78 is 0. The molecule has 0 aliphatic heterocycles. The lowest BCUT2D eigenvalue weighted by atomic mass is 10.0. The third kappa shape index (κ3) is 3.02. The number of hydrogen-bond acceptors (Lipinski definition) is 7. The number of nitriles is 2. The molecule has 0 aliphatic rings. The first-order valence-electron chi connectivity index (χ1n) is 5.82. The average molecular weight is 332 g/mol. The van der Waals surface area contributed by atoms with Gasteiger partial charge in [0.15, 0.2) is 0 Å². The molecule has 0 fully saturated rings. The SMILES string of the molecule is N#Cc1c(SCC(=O)NO)[nH]c(=O)c(C#N)c1-c1cccs1. The molecule has 0 aromatic carbocycles. The van der Waals surface area contributed by atoms with Crippen LogP contribution >= 0.6 is 23.1 Å². The standard InChI is InChI=1S/C13H8N4O3S2/c14-4-7-11(9-2-1-3-21-9)8(5-15)13(16-12(7)19)22-6-10(18)17-20/h1-3,20H,6H2,(H,16,19)(H,17,18). The topological polar surface area (TPSA) is 130 Å². The number of nitrogens with zero attached hydrogens (tertiary/aromatic N) is 2. The summed E-state index contributed by atoms with van der Waals surface area (Å²) in [6.45, 7) is 0. The summed E-state index contributed by atoms with van der Waals surface area (Å²) in [4.78, 5) is 26.2. The summed E-state index contributed by atoms with van der Waals surface area (Å²) in [7, 11) is 0. The van der Waals surface area contributed by atoms with Crippen LogP contribution in [0.1, 0.15) is 11.1 Å². The fourth-order valence-electron chi connectivity index (χ4n) is 1.74. The molecule has 2 heterocycles. The lowest BCUT2D eigenvalue weighted by Gasteiger charge is -2.09. The van der Waals surface area contributed by atoms with Crippen molar-refractivity contribution in [2.75, 3.05) is 5.75 Å². The van der Waals surface area contributed by atoms with Crippen LogP contribution in [-0.2, 0) is 4.79 Å². The minimum Gasteiger partial charge on any atom is -0.315 e.